The highest BCUT2D eigenvalue weighted by Gasteiger charge is 1.99. The molecule has 0 aliphatic rings. The molecular weight excluding hydrogens is 693 g/mol. The lowest BCUT2D eigenvalue weighted by Gasteiger charge is -2.05. The number of rotatable bonds is 53. The summed E-state index contributed by atoms with van der Waals surface area (Å²) in [5, 5.41) is 0. The van der Waals surface area contributed by atoms with Gasteiger partial charge in [-0.05, 0) is 18.6 Å². The summed E-state index contributed by atoms with van der Waals surface area (Å²) in [6.45, 7) is 4.62. The maximum atomic E-state index is 2.53. The summed E-state index contributed by atoms with van der Waals surface area (Å²) in [5.74, 6) is 3.89. The van der Waals surface area contributed by atoms with Crippen LogP contribution in [0.25, 0.3) is 0 Å². The summed E-state index contributed by atoms with van der Waals surface area (Å²) in [6, 6.07) is 0. The molecular formula is C55H111S. The molecule has 1 radical (unpaired) electrons. The molecule has 0 spiro atoms. The van der Waals surface area contributed by atoms with Gasteiger partial charge in [-0.25, -0.2) is 0 Å². The Morgan fingerprint density at radius 3 is 0.554 bits per heavy atom. The van der Waals surface area contributed by atoms with E-state index in [-0.39, 0.29) is 0 Å². The zero-order chi connectivity index (χ0) is 40.2. The quantitative estimate of drug-likeness (QED) is 0.0552. The highest BCUT2D eigenvalue weighted by molar-refractivity contribution is 8.01. The van der Waals surface area contributed by atoms with Crippen LogP contribution >= 0.6 is 11.8 Å². The molecule has 0 aliphatic carbocycles. The lowest BCUT2D eigenvalue weighted by atomic mass is 10.0. The van der Waals surface area contributed by atoms with Crippen LogP contribution in [0.15, 0.2) is 0 Å². The van der Waals surface area contributed by atoms with Crippen molar-refractivity contribution >= 4 is 11.8 Å². The van der Waals surface area contributed by atoms with Gasteiger partial charge in [0, 0.05) is 5.75 Å². The summed E-state index contributed by atoms with van der Waals surface area (Å²) >= 11 is 2.11. The molecule has 0 saturated carbocycles. The zero-order valence-corrected chi connectivity index (χ0v) is 40.6. The Morgan fingerprint density at radius 2 is 0.357 bits per heavy atom. The Morgan fingerprint density at radius 1 is 0.196 bits per heavy atom. The second-order valence-corrected chi connectivity index (χ2v) is 19.9. The first kappa shape index (κ1) is 56.4. The van der Waals surface area contributed by atoms with Gasteiger partial charge < -0.3 is 0 Å². The van der Waals surface area contributed by atoms with Crippen LogP contribution in [0.1, 0.15) is 341 Å². The van der Waals surface area contributed by atoms with Crippen molar-refractivity contribution in [1.82, 2.24) is 0 Å². The fraction of sp³-hybridized carbons (Fsp3) is 0.982. The number of hydrogen-bond acceptors (Lipinski definition) is 1. The standard InChI is InChI=1S/C55H111S/c1-3-5-7-9-11-13-15-17-19-21-23-25-27-29-31-33-35-37-39-41-43-45-47-49-51-53-55-56-54-52-50-48-46-44-42-40-38-36-34-32-30-28-26-24-22-20-18-16-14-12-10-8-6-4-2/h55H,3-54H2,1-2H3. The van der Waals surface area contributed by atoms with E-state index >= 15 is 0 Å². The highest BCUT2D eigenvalue weighted by Crippen LogP contribution is 2.20. The van der Waals surface area contributed by atoms with Crippen LogP contribution < -0.4 is 0 Å². The van der Waals surface area contributed by atoms with Crippen molar-refractivity contribution in [3.63, 3.8) is 0 Å². The van der Waals surface area contributed by atoms with Crippen LogP contribution in [0.4, 0.5) is 0 Å². The third-order valence-electron chi connectivity index (χ3n) is 12.9. The Hall–Kier alpha value is 0.350. The molecule has 0 bridgehead atoms. The molecule has 0 nitrogen and oxygen atoms in total. The van der Waals surface area contributed by atoms with Gasteiger partial charge in [0.15, 0.2) is 0 Å². The van der Waals surface area contributed by atoms with E-state index in [0.29, 0.717) is 0 Å². The Labute approximate surface area is 363 Å². The first-order chi connectivity index (χ1) is 27.9. The maximum Gasteiger partial charge on any atom is 0.0166 e. The summed E-state index contributed by atoms with van der Waals surface area (Å²) < 4.78 is 0. The van der Waals surface area contributed by atoms with E-state index < -0.39 is 0 Å². The van der Waals surface area contributed by atoms with Crippen LogP contribution in [0.3, 0.4) is 0 Å². The molecule has 0 fully saturated rings. The van der Waals surface area contributed by atoms with Crippen molar-refractivity contribution in [3.05, 3.63) is 5.75 Å². The topological polar surface area (TPSA) is 0 Å². The molecule has 337 valence electrons. The van der Waals surface area contributed by atoms with Gasteiger partial charge in [0.1, 0.15) is 0 Å². The molecule has 0 aromatic carbocycles. The van der Waals surface area contributed by atoms with Gasteiger partial charge in [0.25, 0.3) is 0 Å². The van der Waals surface area contributed by atoms with Gasteiger partial charge in [-0.3, -0.25) is 0 Å². The van der Waals surface area contributed by atoms with E-state index in [9.17, 15) is 0 Å². The van der Waals surface area contributed by atoms with Gasteiger partial charge >= 0.3 is 0 Å². The Balaban J connectivity index is 3.05. The van der Waals surface area contributed by atoms with E-state index in [1.54, 1.807) is 0 Å². The van der Waals surface area contributed by atoms with E-state index in [4.69, 9.17) is 0 Å². The molecule has 1 heteroatoms. The minimum absolute atomic E-state index is 1.34. The Bertz CT molecular complexity index is 575. The molecule has 0 atom stereocenters. The fourth-order valence-corrected chi connectivity index (χ4v) is 9.73. The average molecular weight is 805 g/mol. The predicted octanol–water partition coefficient (Wildman–Crippen LogP) is 21.8. The molecule has 0 rings (SSSR count). The largest absolute Gasteiger partial charge is 0.157 e. The van der Waals surface area contributed by atoms with E-state index in [0.717, 1.165) is 0 Å². The average Bonchev–Trinajstić information content (AvgIpc) is 3.21. The molecule has 0 aromatic rings. The van der Waals surface area contributed by atoms with Gasteiger partial charge in [-0.2, -0.15) is 11.8 Å². The van der Waals surface area contributed by atoms with E-state index in [1.165, 1.54) is 333 Å². The third-order valence-corrected chi connectivity index (χ3v) is 13.9. The van der Waals surface area contributed by atoms with Gasteiger partial charge in [-0.15, -0.1) is 0 Å². The van der Waals surface area contributed by atoms with Gasteiger partial charge in [0.2, 0.25) is 0 Å². The second kappa shape index (κ2) is 55.4. The summed E-state index contributed by atoms with van der Waals surface area (Å²) in [4.78, 5) is 0. The molecule has 0 heterocycles. The van der Waals surface area contributed by atoms with Gasteiger partial charge in [-0.1, -0.05) is 328 Å². The van der Waals surface area contributed by atoms with E-state index in [2.05, 4.69) is 31.4 Å². The van der Waals surface area contributed by atoms with Gasteiger partial charge in [0.05, 0.1) is 0 Å². The minimum Gasteiger partial charge on any atom is -0.157 e. The Kier molecular flexibility index (Phi) is 55.7. The van der Waals surface area contributed by atoms with Crippen molar-refractivity contribution in [2.24, 2.45) is 0 Å². The van der Waals surface area contributed by atoms with Crippen molar-refractivity contribution in [2.45, 2.75) is 341 Å². The van der Waals surface area contributed by atoms with Crippen molar-refractivity contribution in [1.29, 1.82) is 0 Å². The van der Waals surface area contributed by atoms with Crippen LogP contribution in [-0.2, 0) is 0 Å². The smallest absolute Gasteiger partial charge is 0.0166 e. The van der Waals surface area contributed by atoms with Crippen molar-refractivity contribution < 1.29 is 0 Å². The first-order valence-corrected chi connectivity index (χ1v) is 28.4. The lowest BCUT2D eigenvalue weighted by molar-refractivity contribution is 0.516. The first-order valence-electron chi connectivity index (χ1n) is 27.3. The molecule has 0 aliphatic heterocycles. The SMILES string of the molecule is CCCCCCCCCCCCCCCCCCCCCCCCCCC[CH]SCCCCCCCCCCCCCCCCCCCCCCCCCCC. The van der Waals surface area contributed by atoms with E-state index in [1.807, 2.05) is 0 Å². The second-order valence-electron chi connectivity index (χ2n) is 18.8. The molecule has 56 heavy (non-hydrogen) atoms. The molecule has 0 amide bonds. The molecule has 0 unspecified atom stereocenters. The number of thioether (sulfide) groups is 1. The van der Waals surface area contributed by atoms with Crippen LogP contribution in [0.2, 0.25) is 0 Å². The molecule has 0 N–H and O–H groups in total. The van der Waals surface area contributed by atoms with Crippen molar-refractivity contribution in [3.8, 4) is 0 Å². The zero-order valence-electron chi connectivity index (χ0n) is 39.8. The third kappa shape index (κ3) is 54.3. The number of unbranched alkanes of at least 4 members (excludes halogenated alkanes) is 49. The molecule has 0 saturated heterocycles. The summed E-state index contributed by atoms with van der Waals surface area (Å²) in [6.07, 6.45) is 75.2. The summed E-state index contributed by atoms with van der Waals surface area (Å²) in [5.41, 5.74) is 0. The monoisotopic (exact) mass is 804 g/mol. The van der Waals surface area contributed by atoms with Crippen LogP contribution in [0.5, 0.6) is 0 Å². The van der Waals surface area contributed by atoms with Crippen LogP contribution in [0, 0.1) is 5.75 Å². The highest BCUT2D eigenvalue weighted by atomic mass is 32.2. The van der Waals surface area contributed by atoms with Crippen molar-refractivity contribution in [2.75, 3.05) is 5.75 Å². The predicted molar refractivity (Wildman–Crippen MR) is 264 cm³/mol. The van der Waals surface area contributed by atoms with Crippen LogP contribution in [-0.4, -0.2) is 5.75 Å². The number of hydrogen-bond donors (Lipinski definition) is 0. The normalized spacial score (nSPS) is 11.7. The summed E-state index contributed by atoms with van der Waals surface area (Å²) in [7, 11) is 0. The molecule has 0 aromatic heterocycles. The fourth-order valence-electron chi connectivity index (χ4n) is 8.86. The minimum atomic E-state index is 1.34. The lowest BCUT2D eigenvalue weighted by Crippen LogP contribution is -1.85. The maximum absolute atomic E-state index is 2.53.